The number of aryl methyl sites for hydroxylation is 1. The van der Waals surface area contributed by atoms with Crippen molar-refractivity contribution in [1.82, 2.24) is 9.88 Å². The topological polar surface area (TPSA) is 62.5 Å². The summed E-state index contributed by atoms with van der Waals surface area (Å²) in [6.45, 7) is 13.7. The van der Waals surface area contributed by atoms with E-state index in [4.69, 9.17) is 9.47 Å². The molecule has 7 nitrogen and oxygen atoms in total. The highest BCUT2D eigenvalue weighted by Crippen LogP contribution is 2.26. The molecule has 0 bridgehead atoms. The summed E-state index contributed by atoms with van der Waals surface area (Å²) < 4.78 is 11.4. The summed E-state index contributed by atoms with van der Waals surface area (Å²) in [5.74, 6) is 1.17. The van der Waals surface area contributed by atoms with Crippen molar-refractivity contribution in [3.63, 3.8) is 0 Å². The molecule has 1 aliphatic heterocycles. The Bertz CT molecular complexity index is 817. The zero-order valence-electron chi connectivity index (χ0n) is 18.4. The summed E-state index contributed by atoms with van der Waals surface area (Å²) in [5, 5.41) is 8.75. The molecule has 7 heteroatoms. The number of benzene rings is 1. The van der Waals surface area contributed by atoms with Crippen LogP contribution in [0.3, 0.4) is 0 Å². The van der Waals surface area contributed by atoms with Gasteiger partial charge >= 0.3 is 0 Å². The quantitative estimate of drug-likeness (QED) is 0.548. The molecule has 2 heterocycles. The van der Waals surface area contributed by atoms with E-state index in [1.54, 1.807) is 0 Å². The molecule has 0 saturated carbocycles. The molecule has 2 aromatic rings. The van der Waals surface area contributed by atoms with Crippen molar-refractivity contribution in [3.05, 3.63) is 47.5 Å². The Balaban J connectivity index is 1.68. The fourth-order valence-corrected chi connectivity index (χ4v) is 3.48. The highest BCUT2D eigenvalue weighted by molar-refractivity contribution is 5.54. The van der Waals surface area contributed by atoms with E-state index in [0.717, 1.165) is 57.2 Å². The molecule has 0 amide bonds. The first-order chi connectivity index (χ1) is 14.7. The van der Waals surface area contributed by atoms with E-state index in [1.165, 1.54) is 5.56 Å². The number of morpholine rings is 1. The van der Waals surface area contributed by atoms with Gasteiger partial charge in [0.25, 0.3) is 0 Å². The Labute approximate surface area is 179 Å². The van der Waals surface area contributed by atoms with Gasteiger partial charge in [0.1, 0.15) is 6.61 Å². The Hall–Kier alpha value is -2.51. The minimum atomic E-state index is 0.534. The SMILES string of the molecule is CCN(CC)c1cc(N=NCc2cccc(C)c2)nc(OCCN2CCOCC2)c1. The van der Waals surface area contributed by atoms with Gasteiger partial charge in [-0.15, -0.1) is 5.11 Å². The first-order valence-electron chi connectivity index (χ1n) is 10.8. The predicted molar refractivity (Wildman–Crippen MR) is 120 cm³/mol. The van der Waals surface area contributed by atoms with E-state index >= 15 is 0 Å². The van der Waals surface area contributed by atoms with Crippen molar-refractivity contribution in [2.24, 2.45) is 10.2 Å². The van der Waals surface area contributed by atoms with Crippen LogP contribution in [0.4, 0.5) is 11.5 Å². The van der Waals surface area contributed by atoms with Crippen LogP contribution in [-0.2, 0) is 11.3 Å². The van der Waals surface area contributed by atoms with E-state index in [-0.39, 0.29) is 0 Å². The van der Waals surface area contributed by atoms with E-state index in [1.807, 2.05) is 18.2 Å². The van der Waals surface area contributed by atoms with Crippen molar-refractivity contribution in [2.75, 3.05) is 57.4 Å². The van der Waals surface area contributed by atoms with Gasteiger partial charge in [-0.1, -0.05) is 29.8 Å². The van der Waals surface area contributed by atoms with Crippen LogP contribution in [0.2, 0.25) is 0 Å². The molecule has 3 rings (SSSR count). The van der Waals surface area contributed by atoms with E-state index in [0.29, 0.717) is 24.8 Å². The lowest BCUT2D eigenvalue weighted by molar-refractivity contribution is 0.0320. The molecular weight excluding hydrogens is 378 g/mol. The van der Waals surface area contributed by atoms with Crippen LogP contribution in [0.5, 0.6) is 5.88 Å². The molecular formula is C23H33N5O2. The van der Waals surface area contributed by atoms with Crippen molar-refractivity contribution >= 4 is 11.5 Å². The van der Waals surface area contributed by atoms with E-state index < -0.39 is 0 Å². The first kappa shape index (κ1) is 22.2. The smallest absolute Gasteiger partial charge is 0.217 e. The average Bonchev–Trinajstić information content (AvgIpc) is 2.75. The van der Waals surface area contributed by atoms with Crippen LogP contribution < -0.4 is 9.64 Å². The summed E-state index contributed by atoms with van der Waals surface area (Å²) in [7, 11) is 0. The van der Waals surface area contributed by atoms with Crippen LogP contribution in [0.1, 0.15) is 25.0 Å². The molecule has 0 N–H and O–H groups in total. The van der Waals surface area contributed by atoms with Crippen molar-refractivity contribution in [1.29, 1.82) is 0 Å². The standard InChI is InChI=1S/C23H33N5O2/c1-4-28(5-2)21-16-22(26-24-18-20-8-6-7-19(3)15-20)25-23(17-21)30-14-11-27-9-12-29-13-10-27/h6-8,15-17H,4-5,9-14,18H2,1-3H3. The molecule has 1 aliphatic rings. The van der Waals surface area contributed by atoms with Gasteiger partial charge < -0.3 is 14.4 Å². The summed E-state index contributed by atoms with van der Waals surface area (Å²) in [6, 6.07) is 12.3. The summed E-state index contributed by atoms with van der Waals surface area (Å²) in [5.41, 5.74) is 3.42. The fourth-order valence-electron chi connectivity index (χ4n) is 3.48. The fraction of sp³-hybridized carbons (Fsp3) is 0.522. The zero-order valence-corrected chi connectivity index (χ0v) is 18.4. The zero-order chi connectivity index (χ0) is 21.2. The van der Waals surface area contributed by atoms with Gasteiger partial charge in [0, 0.05) is 50.5 Å². The van der Waals surface area contributed by atoms with Gasteiger partial charge in [-0.05, 0) is 26.3 Å². The number of aromatic nitrogens is 1. The third-order valence-corrected chi connectivity index (χ3v) is 5.17. The summed E-state index contributed by atoms with van der Waals surface area (Å²) >= 11 is 0. The number of rotatable bonds is 10. The van der Waals surface area contributed by atoms with E-state index in [9.17, 15) is 0 Å². The van der Waals surface area contributed by atoms with Crippen LogP contribution in [0.15, 0.2) is 46.6 Å². The molecule has 1 aromatic heterocycles. The highest BCUT2D eigenvalue weighted by Gasteiger charge is 2.12. The Morgan fingerprint density at radius 2 is 1.93 bits per heavy atom. The van der Waals surface area contributed by atoms with Crippen LogP contribution >= 0.6 is 0 Å². The lowest BCUT2D eigenvalue weighted by Crippen LogP contribution is -2.38. The Morgan fingerprint density at radius 1 is 1.13 bits per heavy atom. The summed E-state index contributed by atoms with van der Waals surface area (Å²) in [4.78, 5) is 9.17. The minimum absolute atomic E-state index is 0.534. The van der Waals surface area contributed by atoms with Gasteiger partial charge in [-0.2, -0.15) is 10.1 Å². The van der Waals surface area contributed by atoms with Crippen molar-refractivity contribution < 1.29 is 9.47 Å². The Morgan fingerprint density at radius 3 is 2.67 bits per heavy atom. The van der Waals surface area contributed by atoms with Gasteiger partial charge in [0.2, 0.25) is 5.88 Å². The molecule has 1 saturated heterocycles. The number of nitrogens with zero attached hydrogens (tertiary/aromatic N) is 5. The monoisotopic (exact) mass is 411 g/mol. The maximum atomic E-state index is 5.99. The number of anilines is 1. The number of hydrogen-bond donors (Lipinski definition) is 0. The highest BCUT2D eigenvalue weighted by atomic mass is 16.5. The van der Waals surface area contributed by atoms with Crippen LogP contribution in [0, 0.1) is 6.92 Å². The lowest BCUT2D eigenvalue weighted by Gasteiger charge is -2.26. The predicted octanol–water partition coefficient (Wildman–Crippen LogP) is 4.23. The van der Waals surface area contributed by atoms with Crippen molar-refractivity contribution in [3.8, 4) is 5.88 Å². The second-order valence-corrected chi connectivity index (χ2v) is 7.39. The number of hydrogen-bond acceptors (Lipinski definition) is 7. The second-order valence-electron chi connectivity index (χ2n) is 7.39. The first-order valence-corrected chi connectivity index (χ1v) is 10.8. The van der Waals surface area contributed by atoms with Gasteiger partial charge in [0.15, 0.2) is 5.82 Å². The van der Waals surface area contributed by atoms with Gasteiger partial charge in [-0.25, -0.2) is 0 Å². The van der Waals surface area contributed by atoms with Crippen LogP contribution in [0.25, 0.3) is 0 Å². The van der Waals surface area contributed by atoms with Gasteiger partial charge in [-0.3, -0.25) is 4.90 Å². The number of azo groups is 1. The third-order valence-electron chi connectivity index (χ3n) is 5.17. The minimum Gasteiger partial charge on any atom is -0.476 e. The number of ether oxygens (including phenoxy) is 2. The molecule has 0 radical (unpaired) electrons. The van der Waals surface area contributed by atoms with Gasteiger partial charge in [0.05, 0.1) is 19.8 Å². The molecule has 0 aliphatic carbocycles. The maximum Gasteiger partial charge on any atom is 0.217 e. The second kappa shape index (κ2) is 11.6. The normalized spacial score (nSPS) is 14.9. The molecule has 0 unspecified atom stereocenters. The summed E-state index contributed by atoms with van der Waals surface area (Å²) in [6.07, 6.45) is 0. The van der Waals surface area contributed by atoms with Crippen molar-refractivity contribution in [2.45, 2.75) is 27.3 Å². The molecule has 162 valence electrons. The molecule has 0 atom stereocenters. The molecule has 0 spiro atoms. The molecule has 1 aromatic carbocycles. The lowest BCUT2D eigenvalue weighted by atomic mass is 10.1. The molecule has 30 heavy (non-hydrogen) atoms. The largest absolute Gasteiger partial charge is 0.476 e. The van der Waals surface area contributed by atoms with E-state index in [2.05, 4.69) is 64.0 Å². The Kier molecular flexibility index (Phi) is 8.59. The number of pyridine rings is 1. The van der Waals surface area contributed by atoms with Crippen LogP contribution in [-0.4, -0.2) is 62.4 Å². The average molecular weight is 412 g/mol. The maximum absolute atomic E-state index is 5.99. The molecule has 1 fully saturated rings. The third kappa shape index (κ3) is 6.78.